The van der Waals surface area contributed by atoms with Crippen LogP contribution in [0.3, 0.4) is 0 Å². The van der Waals surface area contributed by atoms with Crippen LogP contribution >= 0.6 is 0 Å². The van der Waals surface area contributed by atoms with Crippen molar-refractivity contribution < 1.29 is 4.79 Å². The molecule has 1 N–H and O–H groups in total. The van der Waals surface area contributed by atoms with Gasteiger partial charge in [0.25, 0.3) is 0 Å². The van der Waals surface area contributed by atoms with Gasteiger partial charge in [0.1, 0.15) is 5.82 Å². The summed E-state index contributed by atoms with van der Waals surface area (Å²) in [7, 11) is 0. The molecule has 0 bridgehead atoms. The third kappa shape index (κ3) is 4.13. The number of aromatic nitrogens is 2. The van der Waals surface area contributed by atoms with Crippen molar-refractivity contribution in [3.05, 3.63) is 65.5 Å². The Morgan fingerprint density at radius 3 is 2.58 bits per heavy atom. The molecule has 1 atom stereocenters. The summed E-state index contributed by atoms with van der Waals surface area (Å²) in [5, 5.41) is 2.86. The van der Waals surface area contributed by atoms with Gasteiger partial charge < -0.3 is 9.88 Å². The van der Waals surface area contributed by atoms with E-state index in [1.807, 2.05) is 18.2 Å². The lowest BCUT2D eigenvalue weighted by Crippen LogP contribution is -2.23. The third-order valence-electron chi connectivity index (χ3n) is 4.96. The van der Waals surface area contributed by atoms with Crippen LogP contribution in [0.1, 0.15) is 50.1 Å². The Bertz CT molecular complexity index is 880. The zero-order valence-corrected chi connectivity index (χ0v) is 15.8. The third-order valence-corrected chi connectivity index (χ3v) is 4.96. The average molecular weight is 349 g/mol. The molecule has 4 heteroatoms. The maximum Gasteiger partial charge on any atom is 0.216 e. The molecule has 4 nitrogen and oxygen atoms in total. The highest BCUT2D eigenvalue weighted by Gasteiger charge is 2.11. The predicted molar refractivity (Wildman–Crippen MR) is 106 cm³/mol. The van der Waals surface area contributed by atoms with E-state index >= 15 is 0 Å². The Balaban J connectivity index is 1.86. The van der Waals surface area contributed by atoms with E-state index < -0.39 is 0 Å². The zero-order valence-electron chi connectivity index (χ0n) is 15.8. The van der Waals surface area contributed by atoms with E-state index in [9.17, 15) is 4.79 Å². The summed E-state index contributed by atoms with van der Waals surface area (Å²) in [4.78, 5) is 15.9. The molecular formula is C22H27N3O. The Labute approximate surface area is 155 Å². The van der Waals surface area contributed by atoms with E-state index in [0.29, 0.717) is 12.5 Å². The normalized spacial score (nSPS) is 12.3. The standard InChI is InChI=1S/C22H27N3O/c1-4-16(2)19-11-9-18(10-12-19)15-25-21-8-6-5-7-20(21)24-22(25)13-14-23-17(3)26/h5-12,16H,4,13-15H2,1-3H3,(H,23,26). The van der Waals surface area contributed by atoms with Gasteiger partial charge >= 0.3 is 0 Å². The Hall–Kier alpha value is -2.62. The molecule has 0 spiro atoms. The Kier molecular flexibility index (Phi) is 5.71. The van der Waals surface area contributed by atoms with Crippen LogP contribution in [0.4, 0.5) is 0 Å². The van der Waals surface area contributed by atoms with Gasteiger partial charge in [-0.05, 0) is 35.6 Å². The van der Waals surface area contributed by atoms with Gasteiger partial charge in [-0.15, -0.1) is 0 Å². The lowest BCUT2D eigenvalue weighted by molar-refractivity contribution is -0.118. The topological polar surface area (TPSA) is 46.9 Å². The highest BCUT2D eigenvalue weighted by atomic mass is 16.1. The van der Waals surface area contributed by atoms with Gasteiger partial charge in [0.15, 0.2) is 0 Å². The number of imidazole rings is 1. The van der Waals surface area contributed by atoms with Gasteiger partial charge in [-0.1, -0.05) is 50.2 Å². The number of rotatable bonds is 7. The number of amides is 1. The molecule has 0 aliphatic heterocycles. The number of hydrogen-bond donors (Lipinski definition) is 1. The van der Waals surface area contributed by atoms with Crippen LogP contribution in [0.5, 0.6) is 0 Å². The molecule has 3 aromatic rings. The second kappa shape index (κ2) is 8.17. The first kappa shape index (κ1) is 18.2. The van der Waals surface area contributed by atoms with Crippen LogP contribution in [0.2, 0.25) is 0 Å². The van der Waals surface area contributed by atoms with E-state index in [2.05, 4.69) is 54.1 Å². The zero-order chi connectivity index (χ0) is 18.5. The Morgan fingerprint density at radius 2 is 1.88 bits per heavy atom. The number of para-hydroxylation sites is 2. The summed E-state index contributed by atoms with van der Waals surface area (Å²) in [6, 6.07) is 17.1. The fourth-order valence-electron chi connectivity index (χ4n) is 3.21. The minimum Gasteiger partial charge on any atom is -0.356 e. The van der Waals surface area contributed by atoms with Crippen molar-refractivity contribution in [1.29, 1.82) is 0 Å². The average Bonchev–Trinajstić information content (AvgIpc) is 2.99. The molecular weight excluding hydrogens is 322 g/mol. The number of benzene rings is 2. The van der Waals surface area contributed by atoms with E-state index in [4.69, 9.17) is 4.98 Å². The van der Waals surface area contributed by atoms with Gasteiger partial charge in [-0.3, -0.25) is 4.79 Å². The van der Waals surface area contributed by atoms with Gasteiger partial charge in [-0.25, -0.2) is 4.98 Å². The maximum atomic E-state index is 11.2. The van der Waals surface area contributed by atoms with Crippen molar-refractivity contribution in [3.8, 4) is 0 Å². The monoisotopic (exact) mass is 349 g/mol. The second-order valence-electron chi connectivity index (χ2n) is 6.89. The number of fused-ring (bicyclic) bond motifs is 1. The first-order chi connectivity index (χ1) is 12.6. The molecule has 136 valence electrons. The molecule has 1 amide bonds. The predicted octanol–water partition coefficient (Wildman–Crippen LogP) is 4.28. The molecule has 3 rings (SSSR count). The van der Waals surface area contributed by atoms with Crippen molar-refractivity contribution >= 4 is 16.9 Å². The molecule has 0 aliphatic carbocycles. The summed E-state index contributed by atoms with van der Waals surface area (Å²) >= 11 is 0. The summed E-state index contributed by atoms with van der Waals surface area (Å²) in [5.41, 5.74) is 4.79. The number of hydrogen-bond acceptors (Lipinski definition) is 2. The SMILES string of the molecule is CCC(C)c1ccc(Cn2c(CCNC(C)=O)nc3ccccc32)cc1. The van der Waals surface area contributed by atoms with E-state index in [1.165, 1.54) is 11.1 Å². The first-order valence-corrected chi connectivity index (χ1v) is 9.36. The lowest BCUT2D eigenvalue weighted by Gasteiger charge is -2.12. The molecule has 0 saturated heterocycles. The quantitative estimate of drug-likeness (QED) is 0.692. The molecule has 1 heterocycles. The van der Waals surface area contributed by atoms with Crippen molar-refractivity contribution in [2.75, 3.05) is 6.54 Å². The van der Waals surface area contributed by atoms with Gasteiger partial charge in [-0.2, -0.15) is 0 Å². The van der Waals surface area contributed by atoms with E-state index in [1.54, 1.807) is 6.92 Å². The van der Waals surface area contributed by atoms with Crippen LogP contribution in [0, 0.1) is 0 Å². The van der Waals surface area contributed by atoms with Crippen molar-refractivity contribution in [2.24, 2.45) is 0 Å². The number of nitrogens with one attached hydrogen (secondary N) is 1. The van der Waals surface area contributed by atoms with Crippen LogP contribution in [-0.2, 0) is 17.8 Å². The molecule has 0 saturated carbocycles. The van der Waals surface area contributed by atoms with E-state index in [0.717, 1.165) is 36.2 Å². The van der Waals surface area contributed by atoms with Crippen LogP contribution in [-0.4, -0.2) is 22.0 Å². The highest BCUT2D eigenvalue weighted by Crippen LogP contribution is 2.21. The van der Waals surface area contributed by atoms with Crippen molar-refractivity contribution in [3.63, 3.8) is 0 Å². The molecule has 2 aromatic carbocycles. The highest BCUT2D eigenvalue weighted by molar-refractivity contribution is 5.76. The van der Waals surface area contributed by atoms with E-state index in [-0.39, 0.29) is 5.91 Å². The summed E-state index contributed by atoms with van der Waals surface area (Å²) in [5.74, 6) is 1.59. The fraction of sp³-hybridized carbons (Fsp3) is 0.364. The second-order valence-corrected chi connectivity index (χ2v) is 6.89. The number of nitrogens with zero attached hydrogens (tertiary/aromatic N) is 2. The molecule has 0 radical (unpaired) electrons. The summed E-state index contributed by atoms with van der Waals surface area (Å²) < 4.78 is 2.26. The molecule has 1 aromatic heterocycles. The van der Waals surface area contributed by atoms with Crippen LogP contribution in [0.15, 0.2) is 48.5 Å². The summed E-state index contributed by atoms with van der Waals surface area (Å²) in [6.07, 6.45) is 1.87. The molecule has 1 unspecified atom stereocenters. The first-order valence-electron chi connectivity index (χ1n) is 9.36. The largest absolute Gasteiger partial charge is 0.356 e. The molecule has 0 aliphatic rings. The lowest BCUT2D eigenvalue weighted by atomic mass is 9.98. The van der Waals surface area contributed by atoms with Crippen molar-refractivity contribution in [2.45, 2.75) is 46.1 Å². The Morgan fingerprint density at radius 1 is 1.15 bits per heavy atom. The van der Waals surface area contributed by atoms with Gasteiger partial charge in [0.2, 0.25) is 5.91 Å². The van der Waals surface area contributed by atoms with Crippen LogP contribution < -0.4 is 5.32 Å². The number of carbonyl (C=O) groups is 1. The molecule has 0 fully saturated rings. The van der Waals surface area contributed by atoms with Crippen molar-refractivity contribution in [1.82, 2.24) is 14.9 Å². The van der Waals surface area contributed by atoms with Gasteiger partial charge in [0.05, 0.1) is 11.0 Å². The minimum absolute atomic E-state index is 0.00621. The van der Waals surface area contributed by atoms with Crippen LogP contribution in [0.25, 0.3) is 11.0 Å². The maximum absolute atomic E-state index is 11.2. The minimum atomic E-state index is -0.00621. The number of carbonyl (C=O) groups excluding carboxylic acids is 1. The van der Waals surface area contributed by atoms with Gasteiger partial charge in [0, 0.05) is 26.4 Å². The smallest absolute Gasteiger partial charge is 0.216 e. The fourth-order valence-corrected chi connectivity index (χ4v) is 3.21. The summed E-state index contributed by atoms with van der Waals surface area (Å²) in [6.45, 7) is 7.42. The molecule has 26 heavy (non-hydrogen) atoms.